The lowest BCUT2D eigenvalue weighted by atomic mass is 10.3. The Morgan fingerprint density at radius 1 is 1.25 bits per heavy atom. The summed E-state index contributed by atoms with van der Waals surface area (Å²) in [6.45, 7) is 1.38. The maximum Gasteiger partial charge on any atom is 0.325 e. The molecule has 3 N–H and O–H groups in total. The van der Waals surface area contributed by atoms with Gasteiger partial charge in [0.2, 0.25) is 5.91 Å². The van der Waals surface area contributed by atoms with Crippen LogP contribution in [0.2, 0.25) is 5.02 Å². The van der Waals surface area contributed by atoms with Crippen molar-refractivity contribution >= 4 is 45.7 Å². The molecule has 0 aliphatic heterocycles. The summed E-state index contributed by atoms with van der Waals surface area (Å²) < 4.78 is 1.96. The molecule has 0 spiro atoms. The van der Waals surface area contributed by atoms with E-state index >= 15 is 0 Å². The van der Waals surface area contributed by atoms with Crippen molar-refractivity contribution in [2.24, 2.45) is 0 Å². The van der Waals surface area contributed by atoms with Gasteiger partial charge in [-0.1, -0.05) is 17.7 Å². The summed E-state index contributed by atoms with van der Waals surface area (Å²) in [6, 6.07) is 6.42. The number of amides is 3. The van der Waals surface area contributed by atoms with Gasteiger partial charge >= 0.3 is 6.03 Å². The molecule has 0 aliphatic carbocycles. The Morgan fingerprint density at radius 2 is 2.14 bits per heavy atom. The Balaban J connectivity index is 1.39. The summed E-state index contributed by atoms with van der Waals surface area (Å²) in [6.07, 6.45) is 6.33. The van der Waals surface area contributed by atoms with E-state index in [-0.39, 0.29) is 12.3 Å². The summed E-state index contributed by atoms with van der Waals surface area (Å²) >= 11 is 7.15. The van der Waals surface area contributed by atoms with Crippen molar-refractivity contribution in [2.75, 3.05) is 17.2 Å². The molecule has 0 saturated carbocycles. The minimum Gasteiger partial charge on any atom is -0.356 e. The molecule has 1 aromatic carbocycles. The number of aromatic nitrogens is 3. The quantitative estimate of drug-likeness (QED) is 0.488. The zero-order valence-electron chi connectivity index (χ0n) is 14.9. The highest BCUT2D eigenvalue weighted by atomic mass is 35.5. The fourth-order valence-electron chi connectivity index (χ4n) is 2.41. The highest BCUT2D eigenvalue weighted by Gasteiger charge is 2.10. The fourth-order valence-corrected chi connectivity index (χ4v) is 3.30. The third-order valence-electron chi connectivity index (χ3n) is 3.67. The number of hydrogen-bond donors (Lipinski definition) is 3. The highest BCUT2D eigenvalue weighted by Crippen LogP contribution is 2.18. The molecule has 0 fully saturated rings. The van der Waals surface area contributed by atoms with Crippen LogP contribution in [0.25, 0.3) is 0 Å². The molecule has 0 aliphatic rings. The highest BCUT2D eigenvalue weighted by molar-refractivity contribution is 7.14. The van der Waals surface area contributed by atoms with Crippen molar-refractivity contribution in [1.29, 1.82) is 0 Å². The maximum atomic E-state index is 12.0. The van der Waals surface area contributed by atoms with Gasteiger partial charge in [0.15, 0.2) is 5.13 Å². The average Bonchev–Trinajstić information content (AvgIpc) is 3.31. The molecular formula is C18H19ClN6O2S. The SMILES string of the molecule is O=C(Cc1csc(NC(=O)Nc2cccc(Cl)c2)n1)NCCCn1ccnc1. The van der Waals surface area contributed by atoms with Gasteiger partial charge in [-0.15, -0.1) is 11.3 Å². The number of hydrogen-bond acceptors (Lipinski definition) is 5. The second kappa shape index (κ2) is 9.86. The first-order valence-corrected chi connectivity index (χ1v) is 9.84. The van der Waals surface area contributed by atoms with Crippen LogP contribution in [-0.4, -0.2) is 33.0 Å². The Kier molecular flexibility index (Phi) is 6.99. The molecule has 3 rings (SSSR count). The number of carbonyl (C=O) groups excluding carboxylic acids is 2. The molecule has 2 aromatic heterocycles. The average molecular weight is 419 g/mol. The van der Waals surface area contributed by atoms with Crippen LogP contribution in [0.3, 0.4) is 0 Å². The van der Waals surface area contributed by atoms with Crippen LogP contribution >= 0.6 is 22.9 Å². The first-order valence-electron chi connectivity index (χ1n) is 8.59. The maximum absolute atomic E-state index is 12.0. The van der Waals surface area contributed by atoms with Gasteiger partial charge in [0.1, 0.15) is 0 Å². The molecule has 3 amide bonds. The van der Waals surface area contributed by atoms with E-state index in [4.69, 9.17) is 11.6 Å². The third kappa shape index (κ3) is 6.36. The minimum atomic E-state index is -0.424. The molecular weight excluding hydrogens is 400 g/mol. The monoisotopic (exact) mass is 418 g/mol. The molecule has 3 aromatic rings. The number of anilines is 2. The molecule has 2 heterocycles. The zero-order valence-corrected chi connectivity index (χ0v) is 16.5. The molecule has 146 valence electrons. The number of thiazole rings is 1. The van der Waals surface area contributed by atoms with Gasteiger partial charge in [-0.2, -0.15) is 0 Å². The van der Waals surface area contributed by atoms with Crippen LogP contribution in [0.1, 0.15) is 12.1 Å². The summed E-state index contributed by atoms with van der Waals surface area (Å²) in [5, 5.41) is 10.9. The van der Waals surface area contributed by atoms with Gasteiger partial charge in [-0.25, -0.2) is 14.8 Å². The van der Waals surface area contributed by atoms with E-state index in [9.17, 15) is 9.59 Å². The molecule has 8 nitrogen and oxygen atoms in total. The number of rotatable bonds is 8. The summed E-state index contributed by atoms with van der Waals surface area (Å²) in [4.78, 5) is 32.2. The van der Waals surface area contributed by atoms with Gasteiger partial charge in [0, 0.05) is 41.6 Å². The topological polar surface area (TPSA) is 101 Å². The third-order valence-corrected chi connectivity index (χ3v) is 4.71. The summed E-state index contributed by atoms with van der Waals surface area (Å²) in [5.41, 5.74) is 1.19. The Morgan fingerprint density at radius 3 is 2.93 bits per heavy atom. The molecule has 10 heteroatoms. The normalized spacial score (nSPS) is 10.5. The van der Waals surface area contributed by atoms with Gasteiger partial charge in [-0.05, 0) is 24.6 Å². The summed E-state index contributed by atoms with van der Waals surface area (Å²) in [7, 11) is 0. The van der Waals surface area contributed by atoms with Crippen LogP contribution in [0.15, 0.2) is 48.4 Å². The number of nitrogens with zero attached hydrogens (tertiary/aromatic N) is 3. The van der Waals surface area contributed by atoms with E-state index in [2.05, 4.69) is 25.9 Å². The van der Waals surface area contributed by atoms with Gasteiger partial charge in [-0.3, -0.25) is 10.1 Å². The number of carbonyl (C=O) groups is 2. The second-order valence-corrected chi connectivity index (χ2v) is 7.21. The number of nitrogens with one attached hydrogen (secondary N) is 3. The minimum absolute atomic E-state index is 0.106. The smallest absolute Gasteiger partial charge is 0.325 e. The lowest BCUT2D eigenvalue weighted by Crippen LogP contribution is -2.27. The van der Waals surface area contributed by atoms with Crippen molar-refractivity contribution in [1.82, 2.24) is 19.9 Å². The fraction of sp³-hybridized carbons (Fsp3) is 0.222. The van der Waals surface area contributed by atoms with Gasteiger partial charge in [0.25, 0.3) is 0 Å². The lowest BCUT2D eigenvalue weighted by molar-refractivity contribution is -0.120. The van der Waals surface area contributed by atoms with E-state index in [1.54, 1.807) is 42.2 Å². The van der Waals surface area contributed by atoms with Crippen LogP contribution < -0.4 is 16.0 Å². The van der Waals surface area contributed by atoms with Crippen LogP contribution in [-0.2, 0) is 17.8 Å². The molecule has 0 radical (unpaired) electrons. The lowest BCUT2D eigenvalue weighted by Gasteiger charge is -2.05. The number of aryl methyl sites for hydroxylation is 1. The van der Waals surface area contributed by atoms with E-state index < -0.39 is 6.03 Å². The Bertz CT molecular complexity index is 928. The van der Waals surface area contributed by atoms with Crippen LogP contribution in [0.5, 0.6) is 0 Å². The predicted octanol–water partition coefficient (Wildman–Crippen LogP) is 3.39. The van der Waals surface area contributed by atoms with E-state index in [1.807, 2.05) is 10.8 Å². The Hall–Kier alpha value is -2.91. The predicted molar refractivity (Wildman–Crippen MR) is 110 cm³/mol. The number of halogens is 1. The van der Waals surface area contributed by atoms with E-state index in [1.165, 1.54) is 11.3 Å². The summed E-state index contributed by atoms with van der Waals surface area (Å²) in [5.74, 6) is -0.106. The second-order valence-electron chi connectivity index (χ2n) is 5.91. The first kappa shape index (κ1) is 19.8. The van der Waals surface area contributed by atoms with Gasteiger partial charge in [0.05, 0.1) is 18.4 Å². The van der Waals surface area contributed by atoms with Crippen LogP contribution in [0, 0.1) is 0 Å². The first-order chi connectivity index (χ1) is 13.6. The molecule has 28 heavy (non-hydrogen) atoms. The number of urea groups is 1. The van der Waals surface area contributed by atoms with Crippen molar-refractivity contribution in [3.8, 4) is 0 Å². The standard InChI is InChI=1S/C18H19ClN6O2S/c19-13-3-1-4-14(9-13)22-17(27)24-18-23-15(11-28-18)10-16(26)21-5-2-7-25-8-6-20-12-25/h1,3-4,6,8-9,11-12H,2,5,7,10H2,(H,21,26)(H2,22,23,24,27). The Labute approximate surface area is 171 Å². The molecule has 0 unspecified atom stereocenters. The van der Waals surface area contributed by atoms with Gasteiger partial charge < -0.3 is 15.2 Å². The van der Waals surface area contributed by atoms with Crippen molar-refractivity contribution < 1.29 is 9.59 Å². The van der Waals surface area contributed by atoms with Crippen molar-refractivity contribution in [3.05, 3.63) is 59.1 Å². The van der Waals surface area contributed by atoms with Crippen molar-refractivity contribution in [2.45, 2.75) is 19.4 Å². The molecule has 0 bridgehead atoms. The van der Waals surface area contributed by atoms with E-state index in [0.29, 0.717) is 28.1 Å². The zero-order chi connectivity index (χ0) is 19.8. The van der Waals surface area contributed by atoms with Crippen LogP contribution in [0.4, 0.5) is 15.6 Å². The number of imidazole rings is 1. The number of benzene rings is 1. The van der Waals surface area contributed by atoms with Crippen molar-refractivity contribution in [3.63, 3.8) is 0 Å². The van der Waals surface area contributed by atoms with E-state index in [0.717, 1.165) is 13.0 Å². The molecule has 0 saturated heterocycles. The molecule has 0 atom stereocenters. The largest absolute Gasteiger partial charge is 0.356 e.